The van der Waals surface area contributed by atoms with Gasteiger partial charge in [-0.1, -0.05) is 12.1 Å². The number of rotatable bonds is 6. The van der Waals surface area contributed by atoms with Crippen LogP contribution in [0.4, 0.5) is 0 Å². The third kappa shape index (κ3) is 4.58. The SMILES string of the molecule is Cc1cc(CNC(C)c2cccc(OC(C)C)c2)c(C)s1. The van der Waals surface area contributed by atoms with E-state index in [1.54, 1.807) is 0 Å². The molecule has 1 atom stereocenters. The van der Waals surface area contributed by atoms with E-state index in [0.29, 0.717) is 6.04 Å². The van der Waals surface area contributed by atoms with Crippen molar-refractivity contribution in [3.8, 4) is 5.75 Å². The van der Waals surface area contributed by atoms with Gasteiger partial charge in [0.05, 0.1) is 6.10 Å². The highest BCUT2D eigenvalue weighted by Crippen LogP contribution is 2.23. The quantitative estimate of drug-likeness (QED) is 0.810. The van der Waals surface area contributed by atoms with Gasteiger partial charge in [-0.25, -0.2) is 0 Å². The van der Waals surface area contributed by atoms with Crippen molar-refractivity contribution in [3.05, 3.63) is 51.2 Å². The maximum atomic E-state index is 5.76. The molecular formula is C18H25NOS. The molecule has 2 aromatic rings. The average molecular weight is 303 g/mol. The predicted octanol–water partition coefficient (Wildman–Crippen LogP) is 5.00. The van der Waals surface area contributed by atoms with E-state index in [0.717, 1.165) is 12.3 Å². The van der Waals surface area contributed by atoms with E-state index in [1.807, 2.05) is 17.4 Å². The number of hydrogen-bond donors (Lipinski definition) is 1. The van der Waals surface area contributed by atoms with Crippen molar-refractivity contribution < 1.29 is 4.74 Å². The molecular weight excluding hydrogens is 278 g/mol. The second-order valence-electron chi connectivity index (χ2n) is 5.78. The highest BCUT2D eigenvalue weighted by Gasteiger charge is 2.09. The van der Waals surface area contributed by atoms with Gasteiger partial charge < -0.3 is 10.1 Å². The van der Waals surface area contributed by atoms with Crippen molar-refractivity contribution in [2.24, 2.45) is 0 Å². The van der Waals surface area contributed by atoms with Gasteiger partial charge in [0.15, 0.2) is 0 Å². The fraction of sp³-hybridized carbons (Fsp3) is 0.444. The Labute approximate surface area is 132 Å². The lowest BCUT2D eigenvalue weighted by molar-refractivity contribution is 0.242. The van der Waals surface area contributed by atoms with Crippen LogP contribution in [-0.2, 0) is 6.54 Å². The van der Waals surface area contributed by atoms with E-state index in [9.17, 15) is 0 Å². The zero-order valence-electron chi connectivity index (χ0n) is 13.6. The summed E-state index contributed by atoms with van der Waals surface area (Å²) in [5, 5.41) is 3.60. The largest absolute Gasteiger partial charge is 0.491 e. The molecule has 0 saturated carbocycles. The Hall–Kier alpha value is -1.32. The van der Waals surface area contributed by atoms with Crippen LogP contribution < -0.4 is 10.1 Å². The van der Waals surface area contributed by atoms with Gasteiger partial charge in [0.2, 0.25) is 0 Å². The fourth-order valence-corrected chi connectivity index (χ4v) is 3.32. The summed E-state index contributed by atoms with van der Waals surface area (Å²) in [6.07, 6.45) is 0.208. The van der Waals surface area contributed by atoms with Gasteiger partial charge in [-0.2, -0.15) is 0 Å². The van der Waals surface area contributed by atoms with Crippen LogP contribution in [0.2, 0.25) is 0 Å². The summed E-state index contributed by atoms with van der Waals surface area (Å²) in [6, 6.07) is 10.9. The topological polar surface area (TPSA) is 21.3 Å². The summed E-state index contributed by atoms with van der Waals surface area (Å²) in [4.78, 5) is 2.79. The van der Waals surface area contributed by atoms with Crippen LogP contribution in [0, 0.1) is 13.8 Å². The lowest BCUT2D eigenvalue weighted by Crippen LogP contribution is -2.18. The van der Waals surface area contributed by atoms with Crippen LogP contribution in [0.1, 0.15) is 47.7 Å². The predicted molar refractivity (Wildman–Crippen MR) is 91.3 cm³/mol. The average Bonchev–Trinajstić information content (AvgIpc) is 2.74. The van der Waals surface area contributed by atoms with Crippen molar-refractivity contribution in [1.82, 2.24) is 5.32 Å². The van der Waals surface area contributed by atoms with Crippen molar-refractivity contribution in [1.29, 1.82) is 0 Å². The maximum absolute atomic E-state index is 5.76. The van der Waals surface area contributed by atoms with Crippen LogP contribution in [0.25, 0.3) is 0 Å². The van der Waals surface area contributed by atoms with E-state index in [4.69, 9.17) is 4.74 Å². The first-order valence-electron chi connectivity index (χ1n) is 7.51. The minimum absolute atomic E-state index is 0.208. The molecule has 0 fully saturated rings. The Bertz CT molecular complexity index is 589. The van der Waals surface area contributed by atoms with Gasteiger partial charge in [0.1, 0.15) is 5.75 Å². The maximum Gasteiger partial charge on any atom is 0.120 e. The Kier molecular flexibility index (Phi) is 5.43. The molecule has 0 aliphatic carbocycles. The van der Waals surface area contributed by atoms with E-state index >= 15 is 0 Å². The smallest absolute Gasteiger partial charge is 0.120 e. The normalized spacial score (nSPS) is 12.7. The van der Waals surface area contributed by atoms with Gasteiger partial charge >= 0.3 is 0 Å². The first-order chi connectivity index (χ1) is 9.95. The monoisotopic (exact) mass is 303 g/mol. The summed E-state index contributed by atoms with van der Waals surface area (Å²) in [5.41, 5.74) is 2.66. The van der Waals surface area contributed by atoms with Gasteiger partial charge in [-0.15, -0.1) is 11.3 Å². The van der Waals surface area contributed by atoms with Gasteiger partial charge in [0.25, 0.3) is 0 Å². The van der Waals surface area contributed by atoms with Crippen molar-refractivity contribution in [2.45, 2.75) is 53.3 Å². The molecule has 1 unspecified atom stereocenters. The molecule has 21 heavy (non-hydrogen) atoms. The molecule has 1 aromatic heterocycles. The molecule has 0 aliphatic heterocycles. The highest BCUT2D eigenvalue weighted by atomic mass is 32.1. The second-order valence-corrected chi connectivity index (χ2v) is 7.24. The number of nitrogens with one attached hydrogen (secondary N) is 1. The minimum atomic E-state index is 0.208. The van der Waals surface area contributed by atoms with E-state index < -0.39 is 0 Å². The molecule has 0 saturated heterocycles. The zero-order valence-corrected chi connectivity index (χ0v) is 14.4. The van der Waals surface area contributed by atoms with Gasteiger partial charge in [-0.3, -0.25) is 0 Å². The first kappa shape index (κ1) is 16.1. The Morgan fingerprint density at radius 3 is 2.52 bits per heavy atom. The molecule has 0 radical (unpaired) electrons. The third-order valence-corrected chi connectivity index (χ3v) is 4.48. The molecule has 3 heteroatoms. The van der Waals surface area contributed by atoms with E-state index in [2.05, 4.69) is 64.2 Å². The summed E-state index contributed by atoms with van der Waals surface area (Å²) in [6.45, 7) is 11.6. The third-order valence-electron chi connectivity index (χ3n) is 3.47. The molecule has 1 heterocycles. The summed E-state index contributed by atoms with van der Waals surface area (Å²) < 4.78 is 5.76. The lowest BCUT2D eigenvalue weighted by atomic mass is 10.1. The van der Waals surface area contributed by atoms with E-state index in [-0.39, 0.29) is 6.10 Å². The van der Waals surface area contributed by atoms with E-state index in [1.165, 1.54) is 20.9 Å². The second kappa shape index (κ2) is 7.10. The molecule has 0 amide bonds. The van der Waals surface area contributed by atoms with Crippen molar-refractivity contribution >= 4 is 11.3 Å². The first-order valence-corrected chi connectivity index (χ1v) is 8.33. The molecule has 0 aliphatic rings. The molecule has 1 aromatic carbocycles. The standard InChI is InChI=1S/C18H25NOS/c1-12(2)20-18-8-6-7-16(10-18)14(4)19-11-17-9-13(3)21-15(17)5/h6-10,12,14,19H,11H2,1-5H3. The lowest BCUT2D eigenvalue weighted by Gasteiger charge is -2.16. The fourth-order valence-electron chi connectivity index (χ4n) is 2.37. The van der Waals surface area contributed by atoms with Crippen LogP contribution >= 0.6 is 11.3 Å². The number of aryl methyl sites for hydroxylation is 2. The number of hydrogen-bond acceptors (Lipinski definition) is 3. The Morgan fingerprint density at radius 2 is 1.90 bits per heavy atom. The van der Waals surface area contributed by atoms with Crippen molar-refractivity contribution in [2.75, 3.05) is 0 Å². The van der Waals surface area contributed by atoms with Gasteiger partial charge in [-0.05, 0) is 63.9 Å². The molecule has 0 spiro atoms. The number of thiophene rings is 1. The summed E-state index contributed by atoms with van der Waals surface area (Å²) in [7, 11) is 0. The molecule has 2 nitrogen and oxygen atoms in total. The molecule has 2 rings (SSSR count). The van der Waals surface area contributed by atoms with Crippen molar-refractivity contribution in [3.63, 3.8) is 0 Å². The van der Waals surface area contributed by atoms with Gasteiger partial charge in [0, 0.05) is 22.3 Å². The van der Waals surface area contributed by atoms with Crippen LogP contribution in [0.15, 0.2) is 30.3 Å². The number of ether oxygens (including phenoxy) is 1. The van der Waals surface area contributed by atoms with Crippen LogP contribution in [0.5, 0.6) is 5.75 Å². The van der Waals surface area contributed by atoms with Crippen LogP contribution in [-0.4, -0.2) is 6.10 Å². The Morgan fingerprint density at radius 1 is 1.14 bits per heavy atom. The minimum Gasteiger partial charge on any atom is -0.491 e. The molecule has 114 valence electrons. The summed E-state index contributed by atoms with van der Waals surface area (Å²) in [5.74, 6) is 0.943. The summed E-state index contributed by atoms with van der Waals surface area (Å²) >= 11 is 1.87. The zero-order chi connectivity index (χ0) is 15.4. The van der Waals surface area contributed by atoms with Crippen LogP contribution in [0.3, 0.4) is 0 Å². The Balaban J connectivity index is 1.99. The highest BCUT2D eigenvalue weighted by molar-refractivity contribution is 7.12. The molecule has 1 N–H and O–H groups in total. The number of benzene rings is 1. The molecule has 0 bridgehead atoms.